The van der Waals surface area contributed by atoms with E-state index in [1.807, 2.05) is 19.1 Å². The fourth-order valence-electron chi connectivity index (χ4n) is 1.69. The van der Waals surface area contributed by atoms with Crippen molar-refractivity contribution < 1.29 is 0 Å². The monoisotopic (exact) mass is 231 g/mol. The summed E-state index contributed by atoms with van der Waals surface area (Å²) in [7, 11) is 0. The van der Waals surface area contributed by atoms with Gasteiger partial charge in [0.15, 0.2) is 5.82 Å². The molecule has 0 aliphatic carbocycles. The van der Waals surface area contributed by atoms with Gasteiger partial charge in [0.2, 0.25) is 0 Å². The highest BCUT2D eigenvalue weighted by molar-refractivity contribution is 7.13. The average molecular weight is 231 g/mol. The van der Waals surface area contributed by atoms with Crippen LogP contribution in [0.15, 0.2) is 24.3 Å². The number of nitrogens with zero attached hydrogens (tertiary/aromatic N) is 4. The maximum absolute atomic E-state index is 4.47. The third-order valence-corrected chi connectivity index (χ3v) is 3.41. The molecule has 1 unspecified atom stereocenters. The highest BCUT2D eigenvalue weighted by atomic mass is 32.1. The van der Waals surface area contributed by atoms with Crippen LogP contribution in [-0.4, -0.2) is 25.0 Å². The van der Waals surface area contributed by atoms with E-state index in [0.717, 1.165) is 5.69 Å². The number of rotatable bonds is 2. The average Bonchev–Trinajstić information content (AvgIpc) is 2.98. The largest absolute Gasteiger partial charge is 0.196 e. The van der Waals surface area contributed by atoms with E-state index in [1.54, 1.807) is 0 Å². The van der Waals surface area contributed by atoms with Gasteiger partial charge in [-0.1, -0.05) is 23.4 Å². The minimum atomic E-state index is 0.0647. The molecule has 0 aliphatic rings. The van der Waals surface area contributed by atoms with Gasteiger partial charge in [-0.05, 0) is 24.5 Å². The molecule has 0 amide bonds. The Kier molecular flexibility index (Phi) is 2.14. The lowest BCUT2D eigenvalue weighted by atomic mass is 10.0. The molecule has 80 valence electrons. The van der Waals surface area contributed by atoms with Crippen molar-refractivity contribution >= 4 is 21.6 Å². The third-order valence-electron chi connectivity index (χ3n) is 2.56. The second kappa shape index (κ2) is 3.64. The summed E-state index contributed by atoms with van der Waals surface area (Å²) in [5, 5.41) is 15.2. The molecule has 2 heterocycles. The normalized spacial score (nSPS) is 13.1. The van der Waals surface area contributed by atoms with E-state index in [1.165, 1.54) is 21.6 Å². The number of nitrogens with one attached hydrogen (secondary N) is 1. The first-order valence-electron chi connectivity index (χ1n) is 4.94. The SMILES string of the molecule is CC(c1nn[nH]n1)c1nsc2ccccc12. The number of benzene rings is 1. The van der Waals surface area contributed by atoms with Crippen molar-refractivity contribution in [3.63, 3.8) is 0 Å². The number of fused-ring (bicyclic) bond motifs is 1. The van der Waals surface area contributed by atoms with Crippen molar-refractivity contribution in [1.29, 1.82) is 0 Å². The summed E-state index contributed by atoms with van der Waals surface area (Å²) in [6.07, 6.45) is 0. The van der Waals surface area contributed by atoms with Crippen molar-refractivity contribution in [3.05, 3.63) is 35.8 Å². The van der Waals surface area contributed by atoms with Crippen LogP contribution in [0.5, 0.6) is 0 Å². The molecule has 1 atom stereocenters. The Morgan fingerprint density at radius 3 is 3.00 bits per heavy atom. The fraction of sp³-hybridized carbons (Fsp3) is 0.200. The Hall–Kier alpha value is -1.82. The third kappa shape index (κ3) is 1.38. The first-order chi connectivity index (χ1) is 7.86. The van der Waals surface area contributed by atoms with Crippen molar-refractivity contribution in [3.8, 4) is 0 Å². The van der Waals surface area contributed by atoms with Crippen molar-refractivity contribution in [2.24, 2.45) is 0 Å². The highest BCUT2D eigenvalue weighted by Crippen LogP contribution is 2.29. The molecule has 0 saturated heterocycles. The minimum Gasteiger partial charge on any atom is -0.196 e. The molecule has 3 rings (SSSR count). The van der Waals surface area contributed by atoms with Gasteiger partial charge in [-0.15, -0.1) is 10.2 Å². The maximum Gasteiger partial charge on any atom is 0.183 e. The van der Waals surface area contributed by atoms with Gasteiger partial charge >= 0.3 is 0 Å². The predicted octanol–water partition coefficient (Wildman–Crippen LogP) is 1.96. The van der Waals surface area contributed by atoms with Crippen LogP contribution in [0, 0.1) is 0 Å². The molecule has 0 bridgehead atoms. The molecule has 5 nitrogen and oxygen atoms in total. The van der Waals surface area contributed by atoms with Crippen molar-refractivity contribution in [2.45, 2.75) is 12.8 Å². The molecule has 0 radical (unpaired) electrons. The predicted molar refractivity (Wildman–Crippen MR) is 61.3 cm³/mol. The zero-order chi connectivity index (χ0) is 11.0. The second-order valence-corrected chi connectivity index (χ2v) is 4.36. The van der Waals surface area contributed by atoms with Crippen LogP contribution >= 0.6 is 11.5 Å². The molecule has 0 saturated carbocycles. The van der Waals surface area contributed by atoms with Crippen LogP contribution in [0.1, 0.15) is 24.4 Å². The Morgan fingerprint density at radius 2 is 2.19 bits per heavy atom. The highest BCUT2D eigenvalue weighted by Gasteiger charge is 2.18. The van der Waals surface area contributed by atoms with Gasteiger partial charge in [0.1, 0.15) is 0 Å². The van der Waals surface area contributed by atoms with Crippen molar-refractivity contribution in [2.75, 3.05) is 0 Å². The van der Waals surface area contributed by atoms with E-state index in [-0.39, 0.29) is 5.92 Å². The standard InChI is InChI=1S/C10H9N5S/c1-6(10-11-14-15-12-10)9-7-4-2-3-5-8(7)16-13-9/h2-6H,1H3,(H,11,12,14,15). The Labute approximate surface area is 95.7 Å². The van der Waals surface area contributed by atoms with Crippen LogP contribution in [0.4, 0.5) is 0 Å². The Bertz CT molecular complexity index is 600. The number of tetrazole rings is 1. The summed E-state index contributed by atoms with van der Waals surface area (Å²) in [6, 6.07) is 8.18. The van der Waals surface area contributed by atoms with Gasteiger partial charge in [-0.3, -0.25) is 0 Å². The van der Waals surface area contributed by atoms with Gasteiger partial charge in [-0.2, -0.15) is 9.59 Å². The fourth-order valence-corrected chi connectivity index (χ4v) is 2.56. The zero-order valence-electron chi connectivity index (χ0n) is 8.58. The van der Waals surface area contributed by atoms with E-state index in [4.69, 9.17) is 0 Å². The first kappa shape index (κ1) is 9.41. The van der Waals surface area contributed by atoms with E-state index >= 15 is 0 Å². The summed E-state index contributed by atoms with van der Waals surface area (Å²) in [5.74, 6) is 0.742. The molecule has 3 aromatic rings. The second-order valence-electron chi connectivity index (χ2n) is 3.56. The van der Waals surface area contributed by atoms with Gasteiger partial charge in [0.25, 0.3) is 0 Å². The molecular weight excluding hydrogens is 222 g/mol. The van der Waals surface area contributed by atoms with Gasteiger partial charge in [0, 0.05) is 5.39 Å². The van der Waals surface area contributed by atoms with E-state index in [9.17, 15) is 0 Å². The summed E-state index contributed by atoms with van der Waals surface area (Å²) < 4.78 is 5.66. The summed E-state index contributed by atoms with van der Waals surface area (Å²) >= 11 is 1.50. The Balaban J connectivity index is 2.12. The van der Waals surface area contributed by atoms with Gasteiger partial charge in [0.05, 0.1) is 16.3 Å². The lowest BCUT2D eigenvalue weighted by molar-refractivity contribution is 0.809. The molecule has 16 heavy (non-hydrogen) atoms. The lowest BCUT2D eigenvalue weighted by Gasteiger charge is -2.02. The summed E-state index contributed by atoms with van der Waals surface area (Å²) in [6.45, 7) is 2.03. The lowest BCUT2D eigenvalue weighted by Crippen LogP contribution is -1.99. The van der Waals surface area contributed by atoms with Gasteiger partial charge < -0.3 is 0 Å². The number of H-pyrrole nitrogens is 1. The molecular formula is C10H9N5S. The summed E-state index contributed by atoms with van der Waals surface area (Å²) in [5.41, 5.74) is 1.02. The number of hydrogen-bond donors (Lipinski definition) is 1. The van der Waals surface area contributed by atoms with Crippen LogP contribution in [0.25, 0.3) is 10.1 Å². The topological polar surface area (TPSA) is 67.3 Å². The van der Waals surface area contributed by atoms with E-state index in [0.29, 0.717) is 5.82 Å². The van der Waals surface area contributed by atoms with Crippen LogP contribution in [0.3, 0.4) is 0 Å². The van der Waals surface area contributed by atoms with E-state index < -0.39 is 0 Å². The zero-order valence-corrected chi connectivity index (χ0v) is 9.40. The number of aromatic amines is 1. The number of hydrogen-bond acceptors (Lipinski definition) is 5. The smallest absolute Gasteiger partial charge is 0.183 e. The molecule has 2 aromatic heterocycles. The molecule has 1 aromatic carbocycles. The van der Waals surface area contributed by atoms with Crippen LogP contribution in [0.2, 0.25) is 0 Å². The van der Waals surface area contributed by atoms with Crippen LogP contribution < -0.4 is 0 Å². The first-order valence-corrected chi connectivity index (χ1v) is 5.71. The quantitative estimate of drug-likeness (QED) is 0.732. The number of aromatic nitrogens is 5. The maximum atomic E-state index is 4.47. The summed E-state index contributed by atoms with van der Waals surface area (Å²) in [4.78, 5) is 0. The molecule has 6 heteroatoms. The van der Waals surface area contributed by atoms with E-state index in [2.05, 4.69) is 37.1 Å². The minimum absolute atomic E-state index is 0.0647. The molecule has 0 aliphatic heterocycles. The molecule has 0 fully saturated rings. The Morgan fingerprint density at radius 1 is 1.31 bits per heavy atom. The van der Waals surface area contributed by atoms with Crippen LogP contribution in [-0.2, 0) is 0 Å². The molecule has 1 N–H and O–H groups in total. The van der Waals surface area contributed by atoms with Gasteiger partial charge in [-0.25, -0.2) is 0 Å². The van der Waals surface area contributed by atoms with Crippen molar-refractivity contribution in [1.82, 2.24) is 25.0 Å². The molecule has 0 spiro atoms.